The number of nitrogens with zero attached hydrogens (tertiary/aromatic N) is 1. The summed E-state index contributed by atoms with van der Waals surface area (Å²) in [6.07, 6.45) is 0. The highest BCUT2D eigenvalue weighted by atomic mass is 32.2. The zero-order valence-electron chi connectivity index (χ0n) is 10.1. The minimum absolute atomic E-state index is 0.0103. The molecule has 19 heavy (non-hydrogen) atoms. The van der Waals surface area contributed by atoms with E-state index in [4.69, 9.17) is 5.73 Å². The molecule has 2 rings (SSSR count). The Hall–Kier alpha value is -1.64. The van der Waals surface area contributed by atoms with Crippen LogP contribution in [-0.2, 0) is 16.6 Å². The lowest BCUT2D eigenvalue weighted by molar-refractivity contribution is 0.477. The smallest absolute Gasteiger partial charge is 0.241 e. The number of nitrogen functional groups attached to an aromatic ring is 1. The number of phenolic OH excluding ortho intramolecular Hbond substituents is 1. The number of aromatic nitrogens is 1. The van der Waals surface area contributed by atoms with Crippen LogP contribution in [0.5, 0.6) is 5.75 Å². The second-order valence-electron chi connectivity index (χ2n) is 3.93. The summed E-state index contributed by atoms with van der Waals surface area (Å²) in [5.74, 6) is -0.144. The molecule has 0 aliphatic carbocycles. The Morgan fingerprint density at radius 3 is 2.79 bits per heavy atom. The number of phenols is 1. The molecule has 0 atom stereocenters. The maximum absolute atomic E-state index is 12.0. The second-order valence-corrected chi connectivity index (χ2v) is 6.64. The van der Waals surface area contributed by atoms with Gasteiger partial charge >= 0.3 is 0 Å². The molecule has 0 bridgehead atoms. The number of nitrogens with one attached hydrogen (secondary N) is 1. The Morgan fingerprint density at radius 2 is 2.21 bits per heavy atom. The molecule has 0 aliphatic rings. The molecule has 102 valence electrons. The van der Waals surface area contributed by atoms with Gasteiger partial charge in [-0.2, -0.15) is 0 Å². The van der Waals surface area contributed by atoms with Crippen LogP contribution < -0.4 is 10.5 Å². The number of anilines is 1. The monoisotopic (exact) mass is 299 g/mol. The first-order valence-corrected chi connectivity index (χ1v) is 7.74. The Balaban J connectivity index is 2.16. The minimum atomic E-state index is -3.66. The maximum atomic E-state index is 12.0. The van der Waals surface area contributed by atoms with Crippen molar-refractivity contribution in [3.05, 3.63) is 34.3 Å². The van der Waals surface area contributed by atoms with E-state index in [0.29, 0.717) is 5.01 Å². The fourth-order valence-electron chi connectivity index (χ4n) is 1.42. The van der Waals surface area contributed by atoms with Gasteiger partial charge in [-0.05, 0) is 25.1 Å². The molecular formula is C11H13N3O3S2. The molecule has 1 aromatic heterocycles. The van der Waals surface area contributed by atoms with Gasteiger partial charge in [0, 0.05) is 11.1 Å². The lowest BCUT2D eigenvalue weighted by atomic mass is 10.3. The third kappa shape index (κ3) is 3.22. The van der Waals surface area contributed by atoms with Crippen molar-refractivity contribution in [1.29, 1.82) is 0 Å². The Bertz CT molecular complexity index is 695. The van der Waals surface area contributed by atoms with Crippen molar-refractivity contribution in [2.24, 2.45) is 0 Å². The maximum Gasteiger partial charge on any atom is 0.241 e. The highest BCUT2D eigenvalue weighted by Crippen LogP contribution is 2.23. The first-order valence-electron chi connectivity index (χ1n) is 5.37. The van der Waals surface area contributed by atoms with Gasteiger partial charge in [0.15, 0.2) is 0 Å². The van der Waals surface area contributed by atoms with E-state index in [9.17, 15) is 13.5 Å². The quantitative estimate of drug-likeness (QED) is 0.581. The van der Waals surface area contributed by atoms with Gasteiger partial charge in [0.25, 0.3) is 0 Å². The topological polar surface area (TPSA) is 105 Å². The van der Waals surface area contributed by atoms with Crippen LogP contribution in [0.2, 0.25) is 0 Å². The molecule has 0 aliphatic heterocycles. The van der Waals surface area contributed by atoms with Crippen LogP contribution in [-0.4, -0.2) is 18.5 Å². The average molecular weight is 299 g/mol. The van der Waals surface area contributed by atoms with Gasteiger partial charge in [-0.25, -0.2) is 18.1 Å². The van der Waals surface area contributed by atoms with E-state index < -0.39 is 10.0 Å². The van der Waals surface area contributed by atoms with E-state index in [1.165, 1.54) is 29.5 Å². The molecule has 0 saturated carbocycles. The fraction of sp³-hybridized carbons (Fsp3) is 0.182. The van der Waals surface area contributed by atoms with Gasteiger partial charge in [0.2, 0.25) is 10.0 Å². The zero-order valence-corrected chi connectivity index (χ0v) is 11.8. The summed E-state index contributed by atoms with van der Waals surface area (Å²) in [7, 11) is -3.66. The summed E-state index contributed by atoms with van der Waals surface area (Å²) in [5.41, 5.74) is 6.35. The van der Waals surface area contributed by atoms with Crippen LogP contribution in [0.25, 0.3) is 0 Å². The number of aryl methyl sites for hydroxylation is 1. The van der Waals surface area contributed by atoms with E-state index in [2.05, 4.69) is 9.71 Å². The number of sulfonamides is 1. The molecule has 1 aromatic carbocycles. The van der Waals surface area contributed by atoms with Gasteiger partial charge in [-0.3, -0.25) is 0 Å². The second kappa shape index (κ2) is 5.16. The standard InChI is InChI=1S/C11H13N3O3S2/c1-7-6-18-11(14-7)5-13-19(16,17)8-2-3-10(15)9(12)4-8/h2-4,6,13,15H,5,12H2,1H3. The molecular weight excluding hydrogens is 286 g/mol. The summed E-state index contributed by atoms with van der Waals surface area (Å²) in [5, 5.41) is 11.8. The highest BCUT2D eigenvalue weighted by molar-refractivity contribution is 7.89. The molecule has 0 amide bonds. The fourth-order valence-corrected chi connectivity index (χ4v) is 3.25. The average Bonchev–Trinajstić information content (AvgIpc) is 2.76. The molecule has 1 heterocycles. The Morgan fingerprint density at radius 1 is 1.47 bits per heavy atom. The number of benzene rings is 1. The number of rotatable bonds is 4. The molecule has 0 saturated heterocycles. The van der Waals surface area contributed by atoms with Crippen LogP contribution in [0.15, 0.2) is 28.5 Å². The van der Waals surface area contributed by atoms with E-state index in [1.807, 2.05) is 12.3 Å². The van der Waals surface area contributed by atoms with Crippen LogP contribution in [0.1, 0.15) is 10.7 Å². The van der Waals surface area contributed by atoms with Crippen LogP contribution >= 0.6 is 11.3 Å². The number of nitrogens with two attached hydrogens (primary N) is 1. The molecule has 0 spiro atoms. The Kier molecular flexibility index (Phi) is 3.74. The predicted octanol–water partition coefficient (Wildman–Crippen LogP) is 1.22. The van der Waals surface area contributed by atoms with Crippen molar-refractivity contribution in [3.63, 3.8) is 0 Å². The lowest BCUT2D eigenvalue weighted by Crippen LogP contribution is -2.23. The van der Waals surface area contributed by atoms with Crippen molar-refractivity contribution in [2.45, 2.75) is 18.4 Å². The number of thiazole rings is 1. The predicted molar refractivity (Wildman–Crippen MR) is 73.4 cm³/mol. The van der Waals surface area contributed by atoms with Gasteiger partial charge < -0.3 is 10.8 Å². The molecule has 0 unspecified atom stereocenters. The van der Waals surface area contributed by atoms with E-state index in [-0.39, 0.29) is 22.9 Å². The third-order valence-corrected chi connectivity index (χ3v) is 4.75. The summed E-state index contributed by atoms with van der Waals surface area (Å²) in [6, 6.07) is 3.75. The van der Waals surface area contributed by atoms with Gasteiger partial charge in [0.05, 0.1) is 17.1 Å². The first-order chi connectivity index (χ1) is 8.88. The number of aromatic hydroxyl groups is 1. The largest absolute Gasteiger partial charge is 0.506 e. The van der Waals surface area contributed by atoms with Crippen LogP contribution in [0.3, 0.4) is 0 Å². The minimum Gasteiger partial charge on any atom is -0.506 e. The van der Waals surface area contributed by atoms with Crippen molar-refractivity contribution in [3.8, 4) is 5.75 Å². The lowest BCUT2D eigenvalue weighted by Gasteiger charge is -2.06. The van der Waals surface area contributed by atoms with E-state index >= 15 is 0 Å². The van der Waals surface area contributed by atoms with E-state index in [0.717, 1.165) is 5.69 Å². The molecule has 0 fully saturated rings. The van der Waals surface area contributed by atoms with Gasteiger partial charge in [-0.15, -0.1) is 11.3 Å². The molecule has 4 N–H and O–H groups in total. The SMILES string of the molecule is Cc1csc(CNS(=O)(=O)c2ccc(O)c(N)c2)n1. The first kappa shape index (κ1) is 13.8. The summed E-state index contributed by atoms with van der Waals surface area (Å²) in [6.45, 7) is 1.97. The summed E-state index contributed by atoms with van der Waals surface area (Å²) >= 11 is 1.39. The Labute approximate surface area is 115 Å². The van der Waals surface area contributed by atoms with Crippen molar-refractivity contribution < 1.29 is 13.5 Å². The normalized spacial score (nSPS) is 11.6. The summed E-state index contributed by atoms with van der Waals surface area (Å²) < 4.78 is 26.4. The van der Waals surface area contributed by atoms with Crippen molar-refractivity contribution >= 4 is 27.0 Å². The molecule has 6 nitrogen and oxygen atoms in total. The molecule has 8 heteroatoms. The number of hydrogen-bond acceptors (Lipinski definition) is 6. The third-order valence-electron chi connectivity index (χ3n) is 2.39. The van der Waals surface area contributed by atoms with E-state index in [1.54, 1.807) is 0 Å². The highest BCUT2D eigenvalue weighted by Gasteiger charge is 2.15. The van der Waals surface area contributed by atoms with Gasteiger partial charge in [0.1, 0.15) is 10.8 Å². The zero-order chi connectivity index (χ0) is 14.0. The van der Waals surface area contributed by atoms with Crippen molar-refractivity contribution in [2.75, 3.05) is 5.73 Å². The van der Waals surface area contributed by atoms with Crippen LogP contribution in [0, 0.1) is 6.92 Å². The number of hydrogen-bond donors (Lipinski definition) is 3. The molecule has 0 radical (unpaired) electrons. The summed E-state index contributed by atoms with van der Waals surface area (Å²) in [4.78, 5) is 4.18. The van der Waals surface area contributed by atoms with Crippen molar-refractivity contribution in [1.82, 2.24) is 9.71 Å². The van der Waals surface area contributed by atoms with Crippen LogP contribution in [0.4, 0.5) is 5.69 Å². The molecule has 2 aromatic rings. The van der Waals surface area contributed by atoms with Gasteiger partial charge in [-0.1, -0.05) is 0 Å².